The average molecular weight is 355 g/mol. The van der Waals surface area contributed by atoms with Crippen molar-refractivity contribution >= 4 is 12.0 Å². The first-order valence-corrected chi connectivity index (χ1v) is 8.58. The lowest BCUT2D eigenvalue weighted by Crippen LogP contribution is -3.06. The van der Waals surface area contributed by atoms with E-state index in [4.69, 9.17) is 9.47 Å². The molecule has 0 aliphatic heterocycles. The molecule has 0 saturated heterocycles. The first-order chi connectivity index (χ1) is 12.5. The Labute approximate surface area is 155 Å². The van der Waals surface area contributed by atoms with E-state index in [-0.39, 0.29) is 11.9 Å². The van der Waals surface area contributed by atoms with Gasteiger partial charge in [-0.3, -0.25) is 4.79 Å². The third-order valence-electron chi connectivity index (χ3n) is 3.97. The fraction of sp³-hybridized carbons (Fsp3) is 0.286. The van der Waals surface area contributed by atoms with Gasteiger partial charge in [0.05, 0.1) is 28.3 Å². The van der Waals surface area contributed by atoms with Crippen molar-refractivity contribution in [2.45, 2.75) is 6.04 Å². The number of carbonyl (C=O) groups is 1. The van der Waals surface area contributed by atoms with Crippen molar-refractivity contribution in [3.63, 3.8) is 0 Å². The second kappa shape index (κ2) is 9.63. The van der Waals surface area contributed by atoms with Gasteiger partial charge in [0.15, 0.2) is 11.5 Å². The highest BCUT2D eigenvalue weighted by Crippen LogP contribution is 2.27. The summed E-state index contributed by atoms with van der Waals surface area (Å²) in [5.74, 6) is 1.16. The molecule has 1 amide bonds. The van der Waals surface area contributed by atoms with Crippen LogP contribution in [-0.2, 0) is 4.79 Å². The van der Waals surface area contributed by atoms with Gasteiger partial charge in [-0.25, -0.2) is 0 Å². The summed E-state index contributed by atoms with van der Waals surface area (Å²) in [6.07, 6.45) is 3.31. The number of amides is 1. The first kappa shape index (κ1) is 19.5. The largest absolute Gasteiger partial charge is 0.493 e. The van der Waals surface area contributed by atoms with E-state index in [2.05, 4.69) is 19.4 Å². The minimum Gasteiger partial charge on any atom is -0.493 e. The van der Waals surface area contributed by atoms with Crippen LogP contribution in [0.2, 0.25) is 0 Å². The van der Waals surface area contributed by atoms with Crippen molar-refractivity contribution in [1.82, 2.24) is 5.32 Å². The zero-order valence-corrected chi connectivity index (χ0v) is 15.8. The van der Waals surface area contributed by atoms with Gasteiger partial charge in [-0.05, 0) is 29.3 Å². The van der Waals surface area contributed by atoms with Crippen LogP contribution in [-0.4, -0.2) is 40.8 Å². The Bertz CT molecular complexity index is 742. The molecule has 2 N–H and O–H groups in total. The Balaban J connectivity index is 2.09. The third-order valence-corrected chi connectivity index (χ3v) is 3.97. The molecular formula is C21H27N2O3+. The number of ether oxygens (including phenoxy) is 2. The predicted octanol–water partition coefficient (Wildman–Crippen LogP) is 1.72. The van der Waals surface area contributed by atoms with Crippen LogP contribution in [0, 0.1) is 0 Å². The van der Waals surface area contributed by atoms with Gasteiger partial charge >= 0.3 is 0 Å². The number of quaternary nitrogens is 1. The second-order valence-corrected chi connectivity index (χ2v) is 6.33. The van der Waals surface area contributed by atoms with Crippen molar-refractivity contribution in [1.29, 1.82) is 0 Å². The maximum atomic E-state index is 12.4. The number of likely N-dealkylation sites (N-methyl/N-ethyl adjacent to an activating group) is 1. The fourth-order valence-corrected chi connectivity index (χ4v) is 2.69. The molecule has 2 rings (SSSR count). The standard InChI is InChI=1S/C21H26N2O3/c1-23(2)15-18(17-8-6-5-7-9-17)22-21(24)13-11-16-10-12-19(25-3)20(14-16)26-4/h5-14,18H,15H2,1-4H3,(H,22,24)/p+1/b13-11+/t18-/m1/s1. The molecule has 2 aromatic carbocycles. The lowest BCUT2D eigenvalue weighted by atomic mass is 10.1. The summed E-state index contributed by atoms with van der Waals surface area (Å²) < 4.78 is 10.5. The lowest BCUT2D eigenvalue weighted by Gasteiger charge is -2.20. The van der Waals surface area contributed by atoms with E-state index in [1.807, 2.05) is 48.5 Å². The zero-order chi connectivity index (χ0) is 18.9. The highest BCUT2D eigenvalue weighted by molar-refractivity contribution is 5.92. The van der Waals surface area contributed by atoms with E-state index in [0.29, 0.717) is 11.5 Å². The van der Waals surface area contributed by atoms with Crippen molar-refractivity contribution in [2.24, 2.45) is 0 Å². The highest BCUT2D eigenvalue weighted by Gasteiger charge is 2.16. The van der Waals surface area contributed by atoms with Crippen LogP contribution in [0.25, 0.3) is 6.08 Å². The van der Waals surface area contributed by atoms with E-state index in [9.17, 15) is 4.79 Å². The van der Waals surface area contributed by atoms with Gasteiger partial charge in [-0.15, -0.1) is 0 Å². The Kier molecular flexibility index (Phi) is 7.24. The summed E-state index contributed by atoms with van der Waals surface area (Å²) in [4.78, 5) is 13.7. The second-order valence-electron chi connectivity index (χ2n) is 6.33. The SMILES string of the molecule is COc1ccc(/C=C/C(=O)N[C@H](C[NH+](C)C)c2ccccc2)cc1OC. The van der Waals surface area contributed by atoms with E-state index >= 15 is 0 Å². The monoisotopic (exact) mass is 355 g/mol. The van der Waals surface area contributed by atoms with Crippen molar-refractivity contribution < 1.29 is 19.2 Å². The van der Waals surface area contributed by atoms with Crippen LogP contribution in [0.4, 0.5) is 0 Å². The van der Waals surface area contributed by atoms with Gasteiger partial charge in [-0.2, -0.15) is 0 Å². The summed E-state index contributed by atoms with van der Waals surface area (Å²) in [5, 5.41) is 3.08. The Morgan fingerprint density at radius 1 is 1.08 bits per heavy atom. The molecule has 138 valence electrons. The van der Waals surface area contributed by atoms with E-state index in [0.717, 1.165) is 17.7 Å². The van der Waals surface area contributed by atoms with Gasteiger partial charge in [0.1, 0.15) is 12.6 Å². The Morgan fingerprint density at radius 3 is 2.38 bits per heavy atom. The topological polar surface area (TPSA) is 52.0 Å². The molecule has 0 fully saturated rings. The van der Waals surface area contributed by atoms with E-state index in [1.54, 1.807) is 26.4 Å². The normalized spacial score (nSPS) is 12.2. The maximum Gasteiger partial charge on any atom is 0.244 e. The minimum atomic E-state index is -0.130. The minimum absolute atomic E-state index is 0.0382. The van der Waals surface area contributed by atoms with Crippen LogP contribution in [0.1, 0.15) is 17.2 Å². The number of methoxy groups -OCH3 is 2. The van der Waals surface area contributed by atoms with Crippen LogP contribution < -0.4 is 19.7 Å². The van der Waals surface area contributed by atoms with E-state index < -0.39 is 0 Å². The number of nitrogens with one attached hydrogen (secondary N) is 2. The molecule has 5 heteroatoms. The molecule has 2 aromatic rings. The summed E-state index contributed by atoms with van der Waals surface area (Å²) in [5.41, 5.74) is 1.97. The first-order valence-electron chi connectivity index (χ1n) is 8.58. The molecule has 0 aliphatic carbocycles. The maximum absolute atomic E-state index is 12.4. The summed E-state index contributed by atoms with van der Waals surface area (Å²) in [6, 6.07) is 15.5. The molecule has 0 unspecified atom stereocenters. The number of hydrogen-bond acceptors (Lipinski definition) is 3. The third kappa shape index (κ3) is 5.63. The summed E-state index contributed by atoms with van der Waals surface area (Å²) in [7, 11) is 7.33. The van der Waals surface area contributed by atoms with Gasteiger partial charge in [0.2, 0.25) is 5.91 Å². The molecule has 0 aromatic heterocycles. The molecule has 0 heterocycles. The van der Waals surface area contributed by atoms with E-state index in [1.165, 1.54) is 4.90 Å². The average Bonchev–Trinajstić information content (AvgIpc) is 2.66. The molecule has 0 aliphatic rings. The lowest BCUT2D eigenvalue weighted by molar-refractivity contribution is -0.860. The van der Waals surface area contributed by atoms with Crippen molar-refractivity contribution in [3.05, 3.63) is 65.7 Å². The van der Waals surface area contributed by atoms with Crippen LogP contribution in [0.3, 0.4) is 0 Å². The number of benzene rings is 2. The molecule has 5 nitrogen and oxygen atoms in total. The summed E-state index contributed by atoms with van der Waals surface area (Å²) in [6.45, 7) is 0.806. The van der Waals surface area contributed by atoms with Gasteiger partial charge < -0.3 is 19.7 Å². The molecule has 1 atom stereocenters. The van der Waals surface area contributed by atoms with Gasteiger partial charge in [0, 0.05) is 6.08 Å². The number of hydrogen-bond donors (Lipinski definition) is 2. The molecule has 0 spiro atoms. The highest BCUT2D eigenvalue weighted by atomic mass is 16.5. The summed E-state index contributed by atoms with van der Waals surface area (Å²) >= 11 is 0. The van der Waals surface area contributed by atoms with Crippen LogP contribution in [0.15, 0.2) is 54.6 Å². The van der Waals surface area contributed by atoms with Crippen molar-refractivity contribution in [3.8, 4) is 11.5 Å². The predicted molar refractivity (Wildman–Crippen MR) is 104 cm³/mol. The van der Waals surface area contributed by atoms with Crippen LogP contribution in [0.5, 0.6) is 11.5 Å². The molecule has 0 bridgehead atoms. The Hall–Kier alpha value is -2.79. The molecular weight excluding hydrogens is 328 g/mol. The van der Waals surface area contributed by atoms with Gasteiger partial charge in [0.25, 0.3) is 0 Å². The Morgan fingerprint density at radius 2 is 1.77 bits per heavy atom. The number of carbonyl (C=O) groups excluding carboxylic acids is 1. The molecule has 0 radical (unpaired) electrons. The number of rotatable bonds is 8. The fourth-order valence-electron chi connectivity index (χ4n) is 2.69. The quantitative estimate of drug-likeness (QED) is 0.709. The van der Waals surface area contributed by atoms with Gasteiger partial charge in [-0.1, -0.05) is 36.4 Å². The van der Waals surface area contributed by atoms with Crippen LogP contribution >= 0.6 is 0 Å². The molecule has 0 saturated carbocycles. The van der Waals surface area contributed by atoms with Crippen molar-refractivity contribution in [2.75, 3.05) is 34.9 Å². The smallest absolute Gasteiger partial charge is 0.244 e. The zero-order valence-electron chi connectivity index (χ0n) is 15.8. The molecule has 26 heavy (non-hydrogen) atoms.